The maximum Gasteiger partial charge on any atom is 0.122 e. The molecule has 1 nitrogen and oxygen atoms in total. The van der Waals surface area contributed by atoms with Gasteiger partial charge in [-0.1, -0.05) is 45.9 Å². The number of benzene rings is 1. The van der Waals surface area contributed by atoms with Crippen LogP contribution in [0.15, 0.2) is 24.3 Å². The Bertz CT molecular complexity index is 289. The molecule has 0 amide bonds. The van der Waals surface area contributed by atoms with Crippen molar-refractivity contribution in [3.8, 4) is 5.75 Å². The lowest BCUT2D eigenvalue weighted by atomic mass is 9.84. The number of ether oxygens (including phenoxy) is 1. The van der Waals surface area contributed by atoms with Crippen molar-refractivity contribution in [1.29, 1.82) is 0 Å². The molecule has 0 unspecified atom stereocenters. The maximum atomic E-state index is 5.64. The average Bonchev–Trinajstić information content (AvgIpc) is 2.19. The third-order valence-electron chi connectivity index (χ3n) is 2.26. The summed E-state index contributed by atoms with van der Waals surface area (Å²) in [5, 5.41) is 0. The first-order chi connectivity index (χ1) is 6.67. The van der Waals surface area contributed by atoms with Gasteiger partial charge in [0.1, 0.15) is 5.75 Å². The van der Waals surface area contributed by atoms with Crippen LogP contribution in [0.5, 0.6) is 5.75 Å². The van der Waals surface area contributed by atoms with E-state index in [1.807, 2.05) is 26.0 Å². The summed E-state index contributed by atoms with van der Waals surface area (Å²) in [7, 11) is 0. The fourth-order valence-corrected chi connectivity index (χ4v) is 1.63. The molecule has 1 aromatic carbocycles. The zero-order valence-electron chi connectivity index (χ0n) is 9.63. The third-order valence-corrected chi connectivity index (χ3v) is 2.26. The number of hydrogen-bond donors (Lipinski definition) is 0. The second-order valence-corrected chi connectivity index (χ2v) is 4.24. The van der Waals surface area contributed by atoms with Crippen molar-refractivity contribution < 1.29 is 4.74 Å². The van der Waals surface area contributed by atoms with Crippen molar-refractivity contribution >= 4 is 0 Å². The van der Waals surface area contributed by atoms with Crippen LogP contribution in [-0.2, 0) is 6.42 Å². The van der Waals surface area contributed by atoms with Crippen molar-refractivity contribution in [2.24, 2.45) is 5.41 Å². The number of fused-ring (bicyclic) bond motifs is 1. The first-order valence-electron chi connectivity index (χ1n) is 5.38. The van der Waals surface area contributed by atoms with Gasteiger partial charge in [0, 0.05) is 5.41 Å². The van der Waals surface area contributed by atoms with Crippen LogP contribution in [-0.4, -0.2) is 6.61 Å². The highest BCUT2D eigenvalue weighted by molar-refractivity contribution is 5.35. The molecule has 0 aromatic heterocycles. The van der Waals surface area contributed by atoms with Crippen LogP contribution in [0.2, 0.25) is 0 Å². The van der Waals surface area contributed by atoms with E-state index >= 15 is 0 Å². The van der Waals surface area contributed by atoms with Gasteiger partial charge in [0.25, 0.3) is 0 Å². The minimum atomic E-state index is 0.300. The Balaban J connectivity index is 0.000000461. The van der Waals surface area contributed by atoms with E-state index in [0.717, 1.165) is 18.8 Å². The van der Waals surface area contributed by atoms with Crippen LogP contribution in [0.25, 0.3) is 0 Å². The van der Waals surface area contributed by atoms with Gasteiger partial charge in [0.2, 0.25) is 0 Å². The molecule has 0 radical (unpaired) electrons. The molecular formula is C13H20O. The third kappa shape index (κ3) is 2.50. The fraction of sp³-hybridized carbons (Fsp3) is 0.538. The minimum Gasteiger partial charge on any atom is -0.493 e. The van der Waals surface area contributed by atoms with E-state index in [9.17, 15) is 0 Å². The molecule has 0 fully saturated rings. The zero-order chi connectivity index (χ0) is 10.6. The summed E-state index contributed by atoms with van der Waals surface area (Å²) >= 11 is 0. The van der Waals surface area contributed by atoms with E-state index in [1.165, 1.54) is 5.56 Å². The summed E-state index contributed by atoms with van der Waals surface area (Å²) in [6.07, 6.45) is 1.13. The molecule has 1 heteroatoms. The van der Waals surface area contributed by atoms with Crippen LogP contribution in [0.3, 0.4) is 0 Å². The molecule has 0 N–H and O–H groups in total. The first kappa shape index (κ1) is 11.1. The average molecular weight is 192 g/mol. The first-order valence-corrected chi connectivity index (χ1v) is 5.38. The molecule has 0 saturated heterocycles. The Labute approximate surface area is 87.1 Å². The molecule has 1 aliphatic heterocycles. The molecule has 0 spiro atoms. The van der Waals surface area contributed by atoms with E-state index in [0.29, 0.717) is 5.41 Å². The predicted molar refractivity (Wildman–Crippen MR) is 60.8 cm³/mol. The van der Waals surface area contributed by atoms with Crippen LogP contribution in [0.1, 0.15) is 33.3 Å². The standard InChI is InChI=1S/C11H14O.C2H6/c1-11(2)7-9-5-3-4-6-10(9)12-8-11;1-2/h3-6H,7-8H2,1-2H3;1-2H3. The van der Waals surface area contributed by atoms with Crippen molar-refractivity contribution in [3.63, 3.8) is 0 Å². The Kier molecular flexibility index (Phi) is 3.56. The fourth-order valence-electron chi connectivity index (χ4n) is 1.63. The van der Waals surface area contributed by atoms with Crippen molar-refractivity contribution in [1.82, 2.24) is 0 Å². The van der Waals surface area contributed by atoms with Crippen molar-refractivity contribution in [3.05, 3.63) is 29.8 Å². The van der Waals surface area contributed by atoms with Gasteiger partial charge in [-0.25, -0.2) is 0 Å². The van der Waals surface area contributed by atoms with Gasteiger partial charge < -0.3 is 4.74 Å². The van der Waals surface area contributed by atoms with Gasteiger partial charge in [-0.3, -0.25) is 0 Å². The number of hydrogen-bond acceptors (Lipinski definition) is 1. The SMILES string of the molecule is CC.CC1(C)COc2ccccc2C1. The Morgan fingerprint density at radius 3 is 2.50 bits per heavy atom. The highest BCUT2D eigenvalue weighted by Gasteiger charge is 2.25. The van der Waals surface area contributed by atoms with Gasteiger partial charge in [0.05, 0.1) is 6.61 Å². The molecular weight excluding hydrogens is 172 g/mol. The molecule has 1 heterocycles. The molecule has 1 aromatic rings. The Hall–Kier alpha value is -0.980. The zero-order valence-corrected chi connectivity index (χ0v) is 9.63. The highest BCUT2D eigenvalue weighted by atomic mass is 16.5. The molecule has 0 aliphatic carbocycles. The van der Waals surface area contributed by atoms with Gasteiger partial charge in [0.15, 0.2) is 0 Å². The Morgan fingerprint density at radius 1 is 1.14 bits per heavy atom. The Morgan fingerprint density at radius 2 is 1.79 bits per heavy atom. The summed E-state index contributed by atoms with van der Waals surface area (Å²) < 4.78 is 5.64. The maximum absolute atomic E-state index is 5.64. The second kappa shape index (κ2) is 4.50. The summed E-state index contributed by atoms with van der Waals surface area (Å²) in [6.45, 7) is 9.32. The van der Waals surface area contributed by atoms with Crippen LogP contribution < -0.4 is 4.74 Å². The highest BCUT2D eigenvalue weighted by Crippen LogP contribution is 2.33. The van der Waals surface area contributed by atoms with E-state index in [1.54, 1.807) is 0 Å². The van der Waals surface area contributed by atoms with E-state index < -0.39 is 0 Å². The van der Waals surface area contributed by atoms with Gasteiger partial charge in [-0.2, -0.15) is 0 Å². The molecule has 1 aliphatic rings. The van der Waals surface area contributed by atoms with E-state index in [2.05, 4.69) is 26.0 Å². The lowest BCUT2D eigenvalue weighted by Gasteiger charge is -2.31. The summed E-state index contributed by atoms with van der Waals surface area (Å²) in [4.78, 5) is 0. The lowest BCUT2D eigenvalue weighted by molar-refractivity contribution is 0.155. The second-order valence-electron chi connectivity index (χ2n) is 4.24. The van der Waals surface area contributed by atoms with Gasteiger partial charge in [-0.05, 0) is 18.1 Å². The van der Waals surface area contributed by atoms with Crippen molar-refractivity contribution in [2.45, 2.75) is 34.1 Å². The molecule has 0 bridgehead atoms. The largest absolute Gasteiger partial charge is 0.493 e. The molecule has 14 heavy (non-hydrogen) atoms. The van der Waals surface area contributed by atoms with Crippen LogP contribution in [0.4, 0.5) is 0 Å². The topological polar surface area (TPSA) is 9.23 Å². The quantitative estimate of drug-likeness (QED) is 0.609. The summed E-state index contributed by atoms with van der Waals surface area (Å²) in [5.74, 6) is 1.07. The predicted octanol–water partition coefficient (Wildman–Crippen LogP) is 3.67. The monoisotopic (exact) mass is 192 g/mol. The van der Waals surface area contributed by atoms with E-state index in [4.69, 9.17) is 4.74 Å². The molecule has 0 atom stereocenters. The summed E-state index contributed by atoms with van der Waals surface area (Å²) in [6, 6.07) is 8.29. The normalized spacial score (nSPS) is 17.1. The number of para-hydroxylation sites is 1. The molecule has 78 valence electrons. The van der Waals surface area contributed by atoms with Gasteiger partial charge in [-0.15, -0.1) is 0 Å². The smallest absolute Gasteiger partial charge is 0.122 e. The van der Waals surface area contributed by atoms with Crippen molar-refractivity contribution in [2.75, 3.05) is 6.61 Å². The van der Waals surface area contributed by atoms with Crippen LogP contribution in [0, 0.1) is 5.41 Å². The number of rotatable bonds is 0. The molecule has 0 saturated carbocycles. The van der Waals surface area contributed by atoms with E-state index in [-0.39, 0.29) is 0 Å². The lowest BCUT2D eigenvalue weighted by Crippen LogP contribution is -2.28. The van der Waals surface area contributed by atoms with Crippen LogP contribution >= 0.6 is 0 Å². The minimum absolute atomic E-state index is 0.300. The summed E-state index contributed by atoms with van der Waals surface area (Å²) in [5.41, 5.74) is 1.64. The molecule has 2 rings (SSSR count). The van der Waals surface area contributed by atoms with Gasteiger partial charge >= 0.3 is 0 Å².